The molecule has 0 radical (unpaired) electrons. The fourth-order valence-electron chi connectivity index (χ4n) is 5.26. The molecule has 44 heavy (non-hydrogen) atoms. The zero-order valence-electron chi connectivity index (χ0n) is 24.0. The van der Waals surface area contributed by atoms with E-state index >= 15 is 0 Å². The highest BCUT2D eigenvalue weighted by atomic mass is 35.5. The Balaban J connectivity index is 1.50. The Bertz CT molecular complexity index is 1940. The second kappa shape index (κ2) is 10.8. The molecule has 2 aromatic carbocycles. The van der Waals surface area contributed by atoms with Gasteiger partial charge in [-0.1, -0.05) is 55.3 Å². The summed E-state index contributed by atoms with van der Waals surface area (Å²) in [7, 11) is 0. The lowest BCUT2D eigenvalue weighted by Crippen LogP contribution is -2.35. The van der Waals surface area contributed by atoms with Crippen LogP contribution in [0.3, 0.4) is 0 Å². The molecule has 3 aromatic heterocycles. The quantitative estimate of drug-likeness (QED) is 0.185. The Kier molecular flexibility index (Phi) is 7.33. The molecule has 1 unspecified atom stereocenters. The summed E-state index contributed by atoms with van der Waals surface area (Å²) in [6.07, 6.45) is 1.48. The third-order valence-electron chi connectivity index (χ3n) is 7.76. The summed E-state index contributed by atoms with van der Waals surface area (Å²) >= 11 is 13.2. The van der Waals surface area contributed by atoms with Gasteiger partial charge in [-0.05, 0) is 53.5 Å². The first kappa shape index (κ1) is 29.9. The second-order valence-electron chi connectivity index (χ2n) is 12.2. The molecule has 1 saturated carbocycles. The molecule has 1 aliphatic rings. The fourth-order valence-corrected chi connectivity index (χ4v) is 5.74. The Morgan fingerprint density at radius 3 is 2.50 bits per heavy atom. The number of fused-ring (bicyclic) bond motifs is 2. The molecule has 226 valence electrons. The zero-order chi connectivity index (χ0) is 31.4. The van der Waals surface area contributed by atoms with Gasteiger partial charge in [0.25, 0.3) is 0 Å². The van der Waals surface area contributed by atoms with E-state index in [1.54, 1.807) is 36.7 Å². The van der Waals surface area contributed by atoms with Crippen molar-refractivity contribution in [3.8, 4) is 6.07 Å². The smallest absolute Gasteiger partial charge is 0.383 e. The summed E-state index contributed by atoms with van der Waals surface area (Å²) in [5, 5.41) is 27.7. The number of pyridine rings is 2. The molecule has 0 aliphatic heterocycles. The van der Waals surface area contributed by atoms with Crippen LogP contribution in [0.25, 0.3) is 21.7 Å². The highest BCUT2D eigenvalue weighted by molar-refractivity contribution is 6.36. The number of benzene rings is 2. The van der Waals surface area contributed by atoms with E-state index < -0.39 is 17.8 Å². The van der Waals surface area contributed by atoms with Crippen LogP contribution in [0.15, 0.2) is 55.1 Å². The highest BCUT2D eigenvalue weighted by Crippen LogP contribution is 2.55. The number of nitriles is 1. The van der Waals surface area contributed by atoms with Crippen LogP contribution >= 0.6 is 23.2 Å². The molecular weight excluding hydrogens is 612 g/mol. The third-order valence-corrected chi connectivity index (χ3v) is 8.38. The maximum absolute atomic E-state index is 14.0. The largest absolute Gasteiger partial charge is 0.413 e. The first-order chi connectivity index (χ1) is 20.8. The van der Waals surface area contributed by atoms with Crippen LogP contribution in [0.4, 0.5) is 24.5 Å². The first-order valence-electron chi connectivity index (χ1n) is 13.9. The van der Waals surface area contributed by atoms with Crippen molar-refractivity contribution in [1.82, 2.24) is 25.0 Å². The lowest BCUT2D eigenvalue weighted by molar-refractivity contribution is -0.182. The van der Waals surface area contributed by atoms with Crippen molar-refractivity contribution in [2.24, 2.45) is 5.41 Å². The summed E-state index contributed by atoms with van der Waals surface area (Å²) in [6.45, 7) is 6.80. The van der Waals surface area contributed by atoms with E-state index in [2.05, 4.69) is 57.8 Å². The average molecular weight is 640 g/mol. The number of anilines is 2. The molecule has 0 saturated heterocycles. The molecule has 1 fully saturated rings. The number of hydrogen-bond donors (Lipinski definition) is 2. The second-order valence-corrected chi connectivity index (χ2v) is 13.0. The van der Waals surface area contributed by atoms with E-state index in [4.69, 9.17) is 23.2 Å². The minimum absolute atomic E-state index is 0.0637. The molecule has 2 N–H and O–H groups in total. The van der Waals surface area contributed by atoms with E-state index in [9.17, 15) is 18.4 Å². The number of aromatic nitrogens is 5. The van der Waals surface area contributed by atoms with Crippen molar-refractivity contribution in [3.63, 3.8) is 0 Å². The molecule has 13 heteroatoms. The Morgan fingerprint density at radius 1 is 1.05 bits per heavy atom. The van der Waals surface area contributed by atoms with Gasteiger partial charge in [-0.3, -0.25) is 9.97 Å². The van der Waals surface area contributed by atoms with Crippen molar-refractivity contribution in [3.05, 3.63) is 82.0 Å². The van der Waals surface area contributed by atoms with Gasteiger partial charge in [0.15, 0.2) is 5.54 Å². The minimum Gasteiger partial charge on any atom is -0.383 e. The number of rotatable bonds is 7. The predicted molar refractivity (Wildman–Crippen MR) is 165 cm³/mol. The summed E-state index contributed by atoms with van der Waals surface area (Å²) in [6, 6.07) is 10.2. The molecule has 0 spiro atoms. The first-order valence-corrected chi connectivity index (χ1v) is 14.6. The summed E-state index contributed by atoms with van der Waals surface area (Å²) in [5.41, 5.74) is 0.795. The number of nitrogens with one attached hydrogen (secondary N) is 2. The van der Waals surface area contributed by atoms with Crippen LogP contribution in [0.5, 0.6) is 0 Å². The molecule has 6 rings (SSSR count). The van der Waals surface area contributed by atoms with Gasteiger partial charge in [-0.2, -0.15) is 18.4 Å². The topological polar surface area (TPSA) is 104 Å². The SMILES string of the molecule is CC(C)(C)CNc1c(C#N)cnc2c(Cl)cc(NC(c3cn(C4(C(F)(F)F)CC4)nn3)c3ccc(Cl)c4cnccc34)cc12. The van der Waals surface area contributed by atoms with Crippen LogP contribution in [0.1, 0.15) is 56.5 Å². The van der Waals surface area contributed by atoms with Gasteiger partial charge in [-0.25, -0.2) is 4.68 Å². The van der Waals surface area contributed by atoms with Crippen molar-refractivity contribution >= 4 is 56.3 Å². The molecule has 8 nitrogen and oxygen atoms in total. The maximum Gasteiger partial charge on any atom is 0.413 e. The molecule has 3 heterocycles. The molecule has 1 atom stereocenters. The number of nitrogens with zero attached hydrogens (tertiary/aromatic N) is 6. The standard InChI is InChI=1S/C31H27Cl2F3N8/c1-29(2,3)16-40-26-17(12-37)13-39-27-21(26)10-18(11-24(27)33)41-28(20-4-5-23(32)22-14-38-9-6-19(20)22)25-15-44(43-42-25)30(7-8-30)31(34,35)36/h4-6,9-11,13-15,28,41H,7-8,16H2,1-3H3,(H,39,40). The van der Waals surface area contributed by atoms with Gasteiger partial charge in [0.1, 0.15) is 11.8 Å². The molecule has 0 bridgehead atoms. The normalized spacial score (nSPS) is 15.2. The monoisotopic (exact) mass is 638 g/mol. The van der Waals surface area contributed by atoms with Gasteiger partial charge in [0.05, 0.1) is 34.0 Å². The van der Waals surface area contributed by atoms with E-state index in [0.29, 0.717) is 55.4 Å². The van der Waals surface area contributed by atoms with Crippen LogP contribution in [-0.2, 0) is 5.54 Å². The molecule has 0 amide bonds. The summed E-state index contributed by atoms with van der Waals surface area (Å²) < 4.78 is 42.8. The highest BCUT2D eigenvalue weighted by Gasteiger charge is 2.66. The van der Waals surface area contributed by atoms with Crippen molar-refractivity contribution in [2.45, 2.75) is 51.4 Å². The van der Waals surface area contributed by atoms with Crippen LogP contribution in [0.2, 0.25) is 10.0 Å². The summed E-state index contributed by atoms with van der Waals surface area (Å²) in [5.74, 6) is 0. The van der Waals surface area contributed by atoms with Gasteiger partial charge >= 0.3 is 6.18 Å². The van der Waals surface area contributed by atoms with Crippen molar-refractivity contribution < 1.29 is 13.2 Å². The molecule has 5 aromatic rings. The van der Waals surface area contributed by atoms with Gasteiger partial charge in [0, 0.05) is 46.6 Å². The van der Waals surface area contributed by atoms with Crippen molar-refractivity contribution in [2.75, 3.05) is 17.2 Å². The van der Waals surface area contributed by atoms with Crippen LogP contribution in [-0.4, -0.2) is 37.7 Å². The lowest BCUT2D eigenvalue weighted by Gasteiger charge is -2.23. The summed E-state index contributed by atoms with van der Waals surface area (Å²) in [4.78, 5) is 8.62. The van der Waals surface area contributed by atoms with Gasteiger partial charge < -0.3 is 10.6 Å². The van der Waals surface area contributed by atoms with E-state index in [1.807, 2.05) is 6.07 Å². The lowest BCUT2D eigenvalue weighted by atomic mass is 9.96. The molecular formula is C31H27Cl2F3N8. The van der Waals surface area contributed by atoms with E-state index in [0.717, 1.165) is 10.1 Å². The van der Waals surface area contributed by atoms with Crippen molar-refractivity contribution in [1.29, 1.82) is 5.26 Å². The van der Waals surface area contributed by atoms with Crippen LogP contribution in [0, 0.1) is 16.7 Å². The predicted octanol–water partition coefficient (Wildman–Crippen LogP) is 8.26. The number of alkyl halides is 3. The van der Waals surface area contributed by atoms with Gasteiger partial charge in [-0.15, -0.1) is 5.10 Å². The molecule has 1 aliphatic carbocycles. The Morgan fingerprint density at radius 2 is 1.82 bits per heavy atom. The maximum atomic E-state index is 14.0. The number of halogens is 5. The van der Waals surface area contributed by atoms with E-state index in [1.165, 1.54) is 12.4 Å². The Hall–Kier alpha value is -4.14. The third kappa shape index (κ3) is 5.37. The minimum atomic E-state index is -4.46. The van der Waals surface area contributed by atoms with Crippen LogP contribution < -0.4 is 10.6 Å². The fraction of sp³-hybridized carbons (Fsp3) is 0.323. The zero-order valence-corrected chi connectivity index (χ0v) is 25.5. The average Bonchev–Trinajstić information content (AvgIpc) is 3.66. The number of hydrogen-bond acceptors (Lipinski definition) is 7. The van der Waals surface area contributed by atoms with Gasteiger partial charge in [0.2, 0.25) is 0 Å². The Labute approximate surface area is 261 Å². The van der Waals surface area contributed by atoms with E-state index in [-0.39, 0.29) is 24.0 Å².